The van der Waals surface area contributed by atoms with Gasteiger partial charge in [-0.15, -0.1) is 0 Å². The van der Waals surface area contributed by atoms with Gasteiger partial charge in [0.2, 0.25) is 0 Å². The van der Waals surface area contributed by atoms with Gasteiger partial charge in [-0.3, -0.25) is 15.1 Å². The number of amides is 2. The molecule has 0 aliphatic carbocycles. The van der Waals surface area contributed by atoms with Crippen molar-refractivity contribution in [2.24, 2.45) is 0 Å². The van der Waals surface area contributed by atoms with Crippen molar-refractivity contribution in [2.45, 2.75) is 0 Å². The lowest BCUT2D eigenvalue weighted by molar-refractivity contribution is 0.0942. The van der Waals surface area contributed by atoms with E-state index in [1.54, 1.807) is 5.32 Å². The molecule has 0 fully saturated rings. The van der Waals surface area contributed by atoms with E-state index in [2.05, 4.69) is 4.98 Å². The van der Waals surface area contributed by atoms with Crippen LogP contribution in [0.15, 0.2) is 36.5 Å². The van der Waals surface area contributed by atoms with E-state index in [1.807, 2.05) is 0 Å². The zero-order chi connectivity index (χ0) is 15.4. The number of nitrogens with two attached hydrogens (primary N) is 1. The van der Waals surface area contributed by atoms with Crippen LogP contribution in [0.2, 0.25) is 0 Å². The van der Waals surface area contributed by atoms with Gasteiger partial charge in [0.05, 0.1) is 5.69 Å². The molecule has 0 saturated carbocycles. The Hall–Kier alpha value is -3.16. The summed E-state index contributed by atoms with van der Waals surface area (Å²) < 4.78 is 18.6. The highest BCUT2D eigenvalue weighted by Crippen LogP contribution is 2.24. The van der Waals surface area contributed by atoms with Crippen LogP contribution in [0, 0.1) is 5.82 Å². The van der Waals surface area contributed by atoms with Crippen molar-refractivity contribution in [1.82, 2.24) is 10.3 Å². The minimum atomic E-state index is -1.49. The quantitative estimate of drug-likeness (QED) is 0.745. The second-order valence-corrected chi connectivity index (χ2v) is 3.92. The van der Waals surface area contributed by atoms with Crippen LogP contribution in [0.5, 0.6) is 11.5 Å². The van der Waals surface area contributed by atoms with Gasteiger partial charge in [-0.05, 0) is 18.2 Å². The van der Waals surface area contributed by atoms with Crippen molar-refractivity contribution >= 4 is 17.7 Å². The first kappa shape index (κ1) is 14.3. The first-order chi connectivity index (χ1) is 9.95. The van der Waals surface area contributed by atoms with E-state index in [0.29, 0.717) is 0 Å². The van der Waals surface area contributed by atoms with Crippen molar-refractivity contribution in [3.8, 4) is 11.5 Å². The number of carboxylic acid groups (broad SMARTS) is 1. The molecule has 4 N–H and O–H groups in total. The fourth-order valence-electron chi connectivity index (χ4n) is 1.47. The summed E-state index contributed by atoms with van der Waals surface area (Å²) in [6.45, 7) is 0. The Labute approximate surface area is 118 Å². The van der Waals surface area contributed by atoms with Gasteiger partial charge in [-0.1, -0.05) is 0 Å². The monoisotopic (exact) mass is 291 g/mol. The number of benzene rings is 1. The van der Waals surface area contributed by atoms with Gasteiger partial charge in [0.25, 0.3) is 5.91 Å². The van der Waals surface area contributed by atoms with E-state index in [4.69, 9.17) is 15.6 Å². The van der Waals surface area contributed by atoms with E-state index in [0.717, 1.165) is 6.07 Å². The highest BCUT2D eigenvalue weighted by atomic mass is 19.1. The molecule has 0 aliphatic rings. The third-order valence-corrected chi connectivity index (χ3v) is 2.39. The summed E-state index contributed by atoms with van der Waals surface area (Å²) in [6, 6.07) is 6.55. The summed E-state index contributed by atoms with van der Waals surface area (Å²) in [5.74, 6) is -1.15. The number of pyridine rings is 1. The Kier molecular flexibility index (Phi) is 3.98. The number of rotatable bonds is 3. The second kappa shape index (κ2) is 5.87. The number of halogens is 1. The maximum absolute atomic E-state index is 13.3. The van der Waals surface area contributed by atoms with E-state index >= 15 is 0 Å². The minimum Gasteiger partial charge on any atom is -0.465 e. The Morgan fingerprint density at radius 3 is 2.62 bits per heavy atom. The van der Waals surface area contributed by atoms with Crippen molar-refractivity contribution in [3.63, 3.8) is 0 Å². The second-order valence-electron chi connectivity index (χ2n) is 3.92. The fraction of sp³-hybridized carbons (Fsp3) is 0. The number of imide groups is 1. The van der Waals surface area contributed by atoms with Gasteiger partial charge >= 0.3 is 6.09 Å². The lowest BCUT2D eigenvalue weighted by atomic mass is 10.3. The maximum atomic E-state index is 13.3. The van der Waals surface area contributed by atoms with Crippen LogP contribution in [-0.2, 0) is 0 Å². The van der Waals surface area contributed by atoms with Gasteiger partial charge < -0.3 is 15.6 Å². The SMILES string of the molecule is Nc1ccc(Oc2ccnc(C(=O)NC(=O)O)c2)cc1F. The van der Waals surface area contributed by atoms with Crippen LogP contribution in [0.3, 0.4) is 0 Å². The van der Waals surface area contributed by atoms with Crippen molar-refractivity contribution < 1.29 is 23.8 Å². The number of hydrogen-bond acceptors (Lipinski definition) is 5. The molecule has 108 valence electrons. The maximum Gasteiger partial charge on any atom is 0.411 e. The Balaban J connectivity index is 2.19. The standard InChI is InChI=1S/C13H10FN3O4/c14-9-5-7(1-2-10(9)15)21-8-3-4-16-11(6-8)12(18)17-13(19)20/h1-6H,15H2,(H,17,18)(H,19,20). The number of nitrogen functional groups attached to an aromatic ring is 1. The molecule has 1 aromatic heterocycles. The summed E-state index contributed by atoms with van der Waals surface area (Å²) >= 11 is 0. The fourth-order valence-corrected chi connectivity index (χ4v) is 1.47. The predicted molar refractivity (Wildman–Crippen MR) is 70.6 cm³/mol. The molecule has 0 aliphatic heterocycles. The van der Waals surface area contributed by atoms with Gasteiger partial charge in [-0.2, -0.15) is 0 Å². The molecule has 2 rings (SSSR count). The predicted octanol–water partition coefficient (Wildman–Crippen LogP) is 2.00. The number of hydrogen-bond donors (Lipinski definition) is 3. The highest BCUT2D eigenvalue weighted by molar-refractivity contribution is 6.01. The largest absolute Gasteiger partial charge is 0.465 e. The molecule has 2 amide bonds. The van der Waals surface area contributed by atoms with Crippen LogP contribution in [-0.4, -0.2) is 22.1 Å². The smallest absolute Gasteiger partial charge is 0.411 e. The van der Waals surface area contributed by atoms with Crippen LogP contribution in [0.4, 0.5) is 14.9 Å². The van der Waals surface area contributed by atoms with Gasteiger partial charge in [0, 0.05) is 18.3 Å². The van der Waals surface area contributed by atoms with Crippen LogP contribution >= 0.6 is 0 Å². The summed E-state index contributed by atoms with van der Waals surface area (Å²) in [6.07, 6.45) is -0.228. The molecule has 8 heteroatoms. The molecule has 0 saturated heterocycles. The first-order valence-electron chi connectivity index (χ1n) is 5.69. The van der Waals surface area contributed by atoms with Gasteiger partial charge in [-0.25, -0.2) is 9.18 Å². The molecule has 2 aromatic rings. The summed E-state index contributed by atoms with van der Waals surface area (Å²) in [5.41, 5.74) is 5.18. The summed E-state index contributed by atoms with van der Waals surface area (Å²) in [7, 11) is 0. The van der Waals surface area contributed by atoms with E-state index in [9.17, 15) is 14.0 Å². The molecule has 1 heterocycles. The molecule has 0 spiro atoms. The van der Waals surface area contributed by atoms with Crippen LogP contribution in [0.1, 0.15) is 10.5 Å². The number of nitrogens with one attached hydrogen (secondary N) is 1. The van der Waals surface area contributed by atoms with Crippen LogP contribution < -0.4 is 15.8 Å². The number of aromatic nitrogens is 1. The number of carbonyl (C=O) groups excluding carboxylic acids is 1. The molecule has 1 aromatic carbocycles. The van der Waals surface area contributed by atoms with E-state index < -0.39 is 17.8 Å². The first-order valence-corrected chi connectivity index (χ1v) is 5.69. The third-order valence-electron chi connectivity index (χ3n) is 2.39. The van der Waals surface area contributed by atoms with Crippen molar-refractivity contribution in [1.29, 1.82) is 0 Å². The number of carbonyl (C=O) groups is 2. The van der Waals surface area contributed by atoms with Gasteiger partial charge in [0.1, 0.15) is 23.0 Å². The Morgan fingerprint density at radius 1 is 1.24 bits per heavy atom. The Bertz CT molecular complexity index is 706. The average molecular weight is 291 g/mol. The molecule has 7 nitrogen and oxygen atoms in total. The van der Waals surface area contributed by atoms with E-state index in [1.165, 1.54) is 30.5 Å². The zero-order valence-electron chi connectivity index (χ0n) is 10.5. The molecule has 0 unspecified atom stereocenters. The van der Waals surface area contributed by atoms with Crippen molar-refractivity contribution in [3.05, 3.63) is 48.0 Å². The number of anilines is 1. The topological polar surface area (TPSA) is 115 Å². The van der Waals surface area contributed by atoms with Crippen molar-refractivity contribution in [2.75, 3.05) is 5.73 Å². The molecule has 0 radical (unpaired) electrons. The number of ether oxygens (including phenoxy) is 1. The molecular weight excluding hydrogens is 281 g/mol. The molecular formula is C13H10FN3O4. The molecule has 0 atom stereocenters. The zero-order valence-corrected chi connectivity index (χ0v) is 10.5. The average Bonchev–Trinajstić information content (AvgIpc) is 2.42. The molecule has 0 bridgehead atoms. The normalized spacial score (nSPS) is 9.95. The summed E-state index contributed by atoms with van der Waals surface area (Å²) in [5, 5.41) is 10.1. The molecule has 21 heavy (non-hydrogen) atoms. The van der Waals surface area contributed by atoms with E-state index in [-0.39, 0.29) is 22.9 Å². The summed E-state index contributed by atoms with van der Waals surface area (Å²) in [4.78, 5) is 25.6. The minimum absolute atomic E-state index is 0.0152. The van der Waals surface area contributed by atoms with Gasteiger partial charge in [0.15, 0.2) is 0 Å². The Morgan fingerprint density at radius 2 is 1.95 bits per heavy atom. The lowest BCUT2D eigenvalue weighted by Crippen LogP contribution is -2.29. The number of nitrogens with zero attached hydrogens (tertiary/aromatic N) is 1. The highest BCUT2D eigenvalue weighted by Gasteiger charge is 2.11. The third kappa shape index (κ3) is 3.66. The lowest BCUT2D eigenvalue weighted by Gasteiger charge is -2.07. The van der Waals surface area contributed by atoms with Crippen LogP contribution in [0.25, 0.3) is 0 Å².